The molecular formula is C13H23N3O4. The van der Waals surface area contributed by atoms with Gasteiger partial charge in [-0.05, 0) is 31.6 Å². The SMILES string of the molecule is CC(NC(=O)N1CCCC(C(C)CC(=O)O)C1)C(N)=O. The Hall–Kier alpha value is -1.79. The molecule has 114 valence electrons. The highest BCUT2D eigenvalue weighted by atomic mass is 16.4. The summed E-state index contributed by atoms with van der Waals surface area (Å²) in [7, 11) is 0. The fraction of sp³-hybridized carbons (Fsp3) is 0.769. The van der Waals surface area contributed by atoms with Crippen LogP contribution in [0.25, 0.3) is 0 Å². The van der Waals surface area contributed by atoms with Crippen molar-refractivity contribution in [2.24, 2.45) is 17.6 Å². The summed E-state index contributed by atoms with van der Waals surface area (Å²) in [5.41, 5.74) is 5.11. The Balaban J connectivity index is 2.53. The predicted octanol–water partition coefficient (Wildman–Crippen LogP) is 0.393. The van der Waals surface area contributed by atoms with Crippen LogP contribution >= 0.6 is 0 Å². The molecule has 3 atom stereocenters. The molecule has 0 bridgehead atoms. The molecule has 1 rings (SSSR count). The van der Waals surface area contributed by atoms with Crippen LogP contribution < -0.4 is 11.1 Å². The Bertz CT molecular complexity index is 386. The van der Waals surface area contributed by atoms with Crippen LogP contribution in [-0.4, -0.2) is 47.0 Å². The monoisotopic (exact) mass is 285 g/mol. The third-order valence-corrected chi connectivity index (χ3v) is 3.81. The van der Waals surface area contributed by atoms with E-state index in [1.807, 2.05) is 6.92 Å². The van der Waals surface area contributed by atoms with Gasteiger partial charge < -0.3 is 21.1 Å². The zero-order chi connectivity index (χ0) is 15.3. The highest BCUT2D eigenvalue weighted by Crippen LogP contribution is 2.26. The molecule has 1 aliphatic heterocycles. The van der Waals surface area contributed by atoms with Crippen molar-refractivity contribution < 1.29 is 19.5 Å². The average molecular weight is 285 g/mol. The number of carboxylic acid groups (broad SMARTS) is 1. The van der Waals surface area contributed by atoms with Gasteiger partial charge >= 0.3 is 12.0 Å². The lowest BCUT2D eigenvalue weighted by Crippen LogP contribution is -2.51. The van der Waals surface area contributed by atoms with Gasteiger partial charge in [0, 0.05) is 19.5 Å². The first-order valence-electron chi connectivity index (χ1n) is 6.87. The van der Waals surface area contributed by atoms with Gasteiger partial charge in [0.25, 0.3) is 0 Å². The lowest BCUT2D eigenvalue weighted by molar-refractivity contribution is -0.138. The average Bonchev–Trinajstić information content (AvgIpc) is 2.37. The second kappa shape index (κ2) is 7.12. The van der Waals surface area contributed by atoms with E-state index in [1.54, 1.807) is 4.90 Å². The summed E-state index contributed by atoms with van der Waals surface area (Å²) < 4.78 is 0. The number of carbonyl (C=O) groups is 3. The standard InChI is InChI=1S/C13H23N3O4/c1-8(6-11(17)18)10-4-3-5-16(7-10)13(20)15-9(2)12(14)19/h8-10H,3-7H2,1-2H3,(H2,14,19)(H,15,20)(H,17,18). The molecule has 0 saturated carbocycles. The zero-order valence-corrected chi connectivity index (χ0v) is 12.0. The van der Waals surface area contributed by atoms with Crippen molar-refractivity contribution in [3.63, 3.8) is 0 Å². The minimum Gasteiger partial charge on any atom is -0.481 e. The molecule has 0 aromatic carbocycles. The molecule has 4 N–H and O–H groups in total. The molecule has 3 amide bonds. The van der Waals surface area contributed by atoms with Crippen LogP contribution in [0.2, 0.25) is 0 Å². The van der Waals surface area contributed by atoms with Gasteiger partial charge in [-0.15, -0.1) is 0 Å². The number of amides is 3. The Morgan fingerprint density at radius 2 is 2.05 bits per heavy atom. The van der Waals surface area contributed by atoms with E-state index in [9.17, 15) is 14.4 Å². The number of nitrogens with zero attached hydrogens (tertiary/aromatic N) is 1. The first-order chi connectivity index (χ1) is 9.31. The van der Waals surface area contributed by atoms with Gasteiger partial charge in [0.2, 0.25) is 5.91 Å². The third-order valence-electron chi connectivity index (χ3n) is 3.81. The smallest absolute Gasteiger partial charge is 0.318 e. The first-order valence-corrected chi connectivity index (χ1v) is 6.87. The second-order valence-corrected chi connectivity index (χ2v) is 5.50. The number of urea groups is 1. The summed E-state index contributed by atoms with van der Waals surface area (Å²) in [6.45, 7) is 4.57. The van der Waals surface area contributed by atoms with E-state index >= 15 is 0 Å². The van der Waals surface area contributed by atoms with Gasteiger partial charge in [-0.25, -0.2) is 4.79 Å². The number of nitrogens with two attached hydrogens (primary N) is 1. The fourth-order valence-corrected chi connectivity index (χ4v) is 2.45. The zero-order valence-electron chi connectivity index (χ0n) is 12.0. The lowest BCUT2D eigenvalue weighted by Gasteiger charge is -2.35. The Morgan fingerprint density at radius 1 is 1.40 bits per heavy atom. The van der Waals surface area contributed by atoms with Crippen molar-refractivity contribution in [3.8, 4) is 0 Å². The van der Waals surface area contributed by atoms with Gasteiger partial charge in [-0.3, -0.25) is 9.59 Å². The third kappa shape index (κ3) is 4.71. The van der Waals surface area contributed by atoms with Crippen molar-refractivity contribution in [1.82, 2.24) is 10.2 Å². The number of nitrogens with one attached hydrogen (secondary N) is 1. The molecule has 20 heavy (non-hydrogen) atoms. The van der Waals surface area contributed by atoms with Crippen molar-refractivity contribution in [1.29, 1.82) is 0 Å². The Kier molecular flexibility index (Phi) is 5.79. The normalized spacial score (nSPS) is 21.9. The highest BCUT2D eigenvalue weighted by molar-refractivity contribution is 5.85. The molecule has 7 nitrogen and oxygen atoms in total. The highest BCUT2D eigenvalue weighted by Gasteiger charge is 2.29. The van der Waals surface area contributed by atoms with Crippen LogP contribution in [0.4, 0.5) is 4.79 Å². The van der Waals surface area contributed by atoms with Gasteiger partial charge in [-0.1, -0.05) is 6.92 Å². The lowest BCUT2D eigenvalue weighted by atomic mass is 9.85. The van der Waals surface area contributed by atoms with E-state index in [2.05, 4.69) is 5.32 Å². The quantitative estimate of drug-likeness (QED) is 0.678. The molecule has 7 heteroatoms. The Labute approximate surface area is 118 Å². The van der Waals surface area contributed by atoms with E-state index in [1.165, 1.54) is 6.92 Å². The maximum absolute atomic E-state index is 12.0. The van der Waals surface area contributed by atoms with Crippen LogP contribution in [0.15, 0.2) is 0 Å². The van der Waals surface area contributed by atoms with Gasteiger partial charge in [0.1, 0.15) is 6.04 Å². The maximum atomic E-state index is 12.0. The van der Waals surface area contributed by atoms with Crippen LogP contribution in [-0.2, 0) is 9.59 Å². The summed E-state index contributed by atoms with van der Waals surface area (Å²) in [6, 6.07) is -1.03. The van der Waals surface area contributed by atoms with E-state index < -0.39 is 17.9 Å². The molecule has 0 aromatic rings. The number of rotatable bonds is 5. The van der Waals surface area contributed by atoms with E-state index in [0.29, 0.717) is 13.1 Å². The Morgan fingerprint density at radius 3 is 2.60 bits per heavy atom. The number of piperidine rings is 1. The molecule has 1 aliphatic rings. The van der Waals surface area contributed by atoms with E-state index in [0.717, 1.165) is 12.8 Å². The molecular weight excluding hydrogens is 262 g/mol. The number of hydrogen-bond acceptors (Lipinski definition) is 3. The second-order valence-electron chi connectivity index (χ2n) is 5.50. The molecule has 0 radical (unpaired) electrons. The largest absolute Gasteiger partial charge is 0.481 e. The number of carbonyl (C=O) groups excluding carboxylic acids is 2. The van der Waals surface area contributed by atoms with Crippen LogP contribution in [0.5, 0.6) is 0 Å². The topological polar surface area (TPSA) is 113 Å². The van der Waals surface area contributed by atoms with Crippen LogP contribution in [0.1, 0.15) is 33.1 Å². The van der Waals surface area contributed by atoms with Gasteiger partial charge in [0.15, 0.2) is 0 Å². The van der Waals surface area contributed by atoms with Crippen molar-refractivity contribution >= 4 is 17.9 Å². The molecule has 0 aromatic heterocycles. The number of primary amides is 1. The van der Waals surface area contributed by atoms with Crippen LogP contribution in [0.3, 0.4) is 0 Å². The van der Waals surface area contributed by atoms with Gasteiger partial charge in [-0.2, -0.15) is 0 Å². The minimum atomic E-state index is -0.818. The van der Waals surface area contributed by atoms with Crippen molar-refractivity contribution in [2.45, 2.75) is 39.2 Å². The number of aliphatic carboxylic acids is 1. The summed E-state index contributed by atoms with van der Waals surface area (Å²) in [4.78, 5) is 35.3. The van der Waals surface area contributed by atoms with Crippen LogP contribution in [0, 0.1) is 11.8 Å². The van der Waals surface area contributed by atoms with Crippen molar-refractivity contribution in [2.75, 3.05) is 13.1 Å². The number of carboxylic acids is 1. The molecule has 3 unspecified atom stereocenters. The maximum Gasteiger partial charge on any atom is 0.318 e. The summed E-state index contributed by atoms with van der Waals surface area (Å²) in [5.74, 6) is -1.20. The van der Waals surface area contributed by atoms with E-state index in [4.69, 9.17) is 10.8 Å². The summed E-state index contributed by atoms with van der Waals surface area (Å²) in [5, 5.41) is 11.4. The molecule has 1 saturated heterocycles. The predicted molar refractivity (Wildman–Crippen MR) is 72.9 cm³/mol. The van der Waals surface area contributed by atoms with E-state index in [-0.39, 0.29) is 24.3 Å². The fourth-order valence-electron chi connectivity index (χ4n) is 2.45. The first kappa shape index (κ1) is 16.3. The number of hydrogen-bond donors (Lipinski definition) is 3. The minimum absolute atomic E-state index is 0.0247. The molecule has 0 spiro atoms. The molecule has 0 aliphatic carbocycles. The summed E-state index contributed by atoms with van der Waals surface area (Å²) in [6.07, 6.45) is 1.87. The van der Waals surface area contributed by atoms with Gasteiger partial charge in [0.05, 0.1) is 0 Å². The molecule has 1 fully saturated rings. The van der Waals surface area contributed by atoms with Crippen molar-refractivity contribution in [3.05, 3.63) is 0 Å². The number of likely N-dealkylation sites (tertiary alicyclic amines) is 1. The summed E-state index contributed by atoms with van der Waals surface area (Å²) >= 11 is 0. The molecule has 1 heterocycles.